The van der Waals surface area contributed by atoms with Crippen LogP contribution in [0.2, 0.25) is 0 Å². The fourth-order valence-electron chi connectivity index (χ4n) is 8.72. The van der Waals surface area contributed by atoms with Gasteiger partial charge in [0.15, 0.2) is 46.4 Å². The van der Waals surface area contributed by atoms with E-state index in [4.69, 9.17) is 23.9 Å². The summed E-state index contributed by atoms with van der Waals surface area (Å²) in [5.41, 5.74) is 2.28. The van der Waals surface area contributed by atoms with Crippen LogP contribution in [0.1, 0.15) is 82.9 Å². The Labute approximate surface area is 356 Å². The van der Waals surface area contributed by atoms with E-state index in [-0.39, 0.29) is 13.2 Å². The van der Waals surface area contributed by atoms with Crippen molar-refractivity contribution in [3.05, 3.63) is 24.3 Å². The number of hydrogen-bond acceptors (Lipinski definition) is 19. The molecular weight excluding hydrogens is 791 g/mol. The van der Waals surface area contributed by atoms with Crippen LogP contribution in [0.15, 0.2) is 12.7 Å². The van der Waals surface area contributed by atoms with Gasteiger partial charge in [-0.2, -0.15) is 0 Å². The first kappa shape index (κ1) is 45.3. The van der Waals surface area contributed by atoms with Crippen molar-refractivity contribution in [1.82, 2.24) is 54.6 Å². The van der Waals surface area contributed by atoms with Crippen LogP contribution < -0.4 is 21.3 Å². The molecule has 338 valence electrons. The smallest absolute Gasteiger partial charge is 0.168 e. The molecule has 0 unspecified atom stereocenters. The number of ether oxygens (including phenoxy) is 4. The van der Waals surface area contributed by atoms with Crippen LogP contribution in [0.25, 0.3) is 22.3 Å². The molecule has 4 aliphatic rings. The summed E-state index contributed by atoms with van der Waals surface area (Å²) in [6.07, 6.45) is 4.33. The van der Waals surface area contributed by atoms with Gasteiger partial charge in [0.1, 0.15) is 48.3 Å². The molecule has 3 aliphatic heterocycles. The molecule has 0 bridgehead atoms. The molecule has 4 aromatic heterocycles. The maximum atomic E-state index is 10.6. The van der Waals surface area contributed by atoms with E-state index in [1.54, 1.807) is 35.9 Å². The monoisotopic (exact) mass is 856 g/mol. The van der Waals surface area contributed by atoms with Crippen molar-refractivity contribution in [2.75, 3.05) is 65.3 Å². The quantitative estimate of drug-likeness (QED) is 0.0817. The van der Waals surface area contributed by atoms with Crippen molar-refractivity contribution in [3.63, 3.8) is 0 Å². The fraction of sp³-hybridized carbons (Fsp3) is 0.750. The van der Waals surface area contributed by atoms with E-state index in [0.717, 1.165) is 25.9 Å². The van der Waals surface area contributed by atoms with E-state index in [2.05, 4.69) is 64.9 Å². The molecule has 21 nitrogen and oxygen atoms in total. The second kappa shape index (κ2) is 20.6. The lowest BCUT2D eigenvalue weighted by atomic mass is 9.95. The molecule has 61 heavy (non-hydrogen) atoms. The number of hydrogen-bond donors (Lipinski definition) is 8. The molecule has 8 N–H and O–H groups in total. The third-order valence-electron chi connectivity index (χ3n) is 12.3. The SMILES string of the molecule is CNc1nc(CNC2CCCCC2)nc2c1ncn2[C@@H]1O[C@H](COC)[C@@H](O)[C@H]1O.CNc1nc(CNC2CCN(C(C)C)CC2)nc2c1ncn2[C@@H]1O[C@H](COC)[C@@H](O)[C@H]1O. The number of nitrogens with one attached hydrogen (secondary N) is 4. The van der Waals surface area contributed by atoms with Crippen LogP contribution in [0.3, 0.4) is 0 Å². The Hall–Kier alpha value is -3.74. The van der Waals surface area contributed by atoms with Gasteiger partial charge in [0.25, 0.3) is 0 Å². The summed E-state index contributed by atoms with van der Waals surface area (Å²) < 4.78 is 25.2. The van der Waals surface area contributed by atoms with Gasteiger partial charge < -0.3 is 65.5 Å². The van der Waals surface area contributed by atoms with Gasteiger partial charge in [-0.05, 0) is 52.6 Å². The maximum Gasteiger partial charge on any atom is 0.168 e. The van der Waals surface area contributed by atoms with Gasteiger partial charge in [0.2, 0.25) is 0 Å². The highest BCUT2D eigenvalue weighted by molar-refractivity contribution is 5.83. The Kier molecular flexibility index (Phi) is 15.3. The van der Waals surface area contributed by atoms with Crippen molar-refractivity contribution in [1.29, 1.82) is 0 Å². The first-order valence-corrected chi connectivity index (χ1v) is 21.6. The molecule has 1 aliphatic carbocycles. The second-order valence-electron chi connectivity index (χ2n) is 16.6. The minimum Gasteiger partial charge on any atom is -0.387 e. The number of imidazole rings is 2. The summed E-state index contributed by atoms with van der Waals surface area (Å²) in [5.74, 6) is 2.52. The van der Waals surface area contributed by atoms with Crippen molar-refractivity contribution in [3.8, 4) is 0 Å². The van der Waals surface area contributed by atoms with Gasteiger partial charge >= 0.3 is 0 Å². The molecule has 4 aromatic rings. The zero-order valence-electron chi connectivity index (χ0n) is 36.1. The van der Waals surface area contributed by atoms with E-state index in [9.17, 15) is 20.4 Å². The molecule has 7 heterocycles. The Bertz CT molecular complexity index is 2010. The highest BCUT2D eigenvalue weighted by Crippen LogP contribution is 2.34. The van der Waals surface area contributed by atoms with Crippen LogP contribution >= 0.6 is 0 Å². The van der Waals surface area contributed by atoms with Gasteiger partial charge in [0.05, 0.1) is 39.0 Å². The zero-order valence-corrected chi connectivity index (χ0v) is 36.1. The first-order chi connectivity index (χ1) is 29.5. The average Bonchev–Trinajstić information content (AvgIpc) is 4.04. The summed E-state index contributed by atoms with van der Waals surface area (Å²) in [6.45, 7) is 8.12. The van der Waals surface area contributed by atoms with Crippen LogP contribution in [0.4, 0.5) is 11.6 Å². The van der Waals surface area contributed by atoms with Gasteiger partial charge in [-0.3, -0.25) is 9.13 Å². The number of aliphatic hydroxyl groups is 4. The number of likely N-dealkylation sites (tertiary alicyclic amines) is 1. The van der Waals surface area contributed by atoms with E-state index in [1.807, 2.05) is 0 Å². The Morgan fingerprint density at radius 3 is 1.51 bits per heavy atom. The van der Waals surface area contributed by atoms with Crippen LogP contribution in [-0.4, -0.2) is 174 Å². The molecule has 4 fully saturated rings. The fourth-order valence-corrected chi connectivity index (χ4v) is 8.72. The van der Waals surface area contributed by atoms with Gasteiger partial charge in [0, 0.05) is 46.4 Å². The van der Waals surface area contributed by atoms with Crippen LogP contribution in [-0.2, 0) is 32.0 Å². The lowest BCUT2D eigenvalue weighted by Gasteiger charge is -2.34. The van der Waals surface area contributed by atoms with Gasteiger partial charge in [-0.25, -0.2) is 29.9 Å². The maximum absolute atomic E-state index is 10.6. The second-order valence-corrected chi connectivity index (χ2v) is 16.6. The molecule has 0 spiro atoms. The third-order valence-corrected chi connectivity index (χ3v) is 12.3. The molecule has 0 amide bonds. The van der Waals surface area contributed by atoms with Crippen molar-refractivity contribution >= 4 is 34.0 Å². The highest BCUT2D eigenvalue weighted by Gasteiger charge is 2.45. The van der Waals surface area contributed by atoms with E-state index in [1.165, 1.54) is 46.3 Å². The van der Waals surface area contributed by atoms with E-state index < -0.39 is 49.1 Å². The Morgan fingerprint density at radius 1 is 0.656 bits per heavy atom. The predicted octanol–water partition coefficient (Wildman–Crippen LogP) is 0.652. The molecule has 0 aromatic carbocycles. The number of rotatable bonds is 15. The number of aliphatic hydroxyl groups excluding tert-OH is 4. The predicted molar refractivity (Wildman–Crippen MR) is 226 cm³/mol. The molecule has 8 rings (SSSR count). The van der Waals surface area contributed by atoms with Gasteiger partial charge in [-0.15, -0.1) is 0 Å². The molecule has 8 atom stereocenters. The topological polar surface area (TPSA) is 256 Å². The summed E-state index contributed by atoms with van der Waals surface area (Å²) in [4.78, 5) is 29.9. The summed E-state index contributed by atoms with van der Waals surface area (Å²) in [7, 11) is 6.64. The molecule has 1 saturated carbocycles. The van der Waals surface area contributed by atoms with Crippen LogP contribution in [0.5, 0.6) is 0 Å². The van der Waals surface area contributed by atoms with Crippen molar-refractivity contribution in [2.24, 2.45) is 0 Å². The largest absolute Gasteiger partial charge is 0.387 e. The van der Waals surface area contributed by atoms with Crippen LogP contribution in [0, 0.1) is 0 Å². The van der Waals surface area contributed by atoms with E-state index in [0.29, 0.717) is 76.8 Å². The highest BCUT2D eigenvalue weighted by atomic mass is 16.6. The molecule has 21 heteroatoms. The minimum atomic E-state index is -1.12. The minimum absolute atomic E-state index is 0.183. The lowest BCUT2D eigenvalue weighted by Crippen LogP contribution is -2.44. The number of nitrogens with zero attached hydrogens (tertiary/aromatic N) is 9. The summed E-state index contributed by atoms with van der Waals surface area (Å²) in [5, 5.41) is 55.0. The van der Waals surface area contributed by atoms with Crippen molar-refractivity contribution in [2.45, 2.75) is 139 Å². The number of aromatic nitrogens is 8. The number of piperidine rings is 1. The average molecular weight is 856 g/mol. The number of anilines is 2. The zero-order chi connectivity index (χ0) is 43.2. The van der Waals surface area contributed by atoms with Crippen molar-refractivity contribution < 1.29 is 39.4 Å². The molecule has 0 radical (unpaired) electrons. The van der Waals surface area contributed by atoms with E-state index >= 15 is 0 Å². The Balaban J connectivity index is 0.000000185. The summed E-state index contributed by atoms with van der Waals surface area (Å²) in [6, 6.07) is 1.50. The normalized spacial score (nSPS) is 27.9. The lowest BCUT2D eigenvalue weighted by molar-refractivity contribution is -0.0580. The molecular formula is C40H65N13O8. The Morgan fingerprint density at radius 2 is 1.10 bits per heavy atom. The number of methoxy groups -OCH3 is 2. The molecule has 3 saturated heterocycles. The van der Waals surface area contributed by atoms with Gasteiger partial charge in [-0.1, -0.05) is 19.3 Å². The number of fused-ring (bicyclic) bond motifs is 2. The first-order valence-electron chi connectivity index (χ1n) is 21.6. The standard InChI is InChI=1S/C21H35N7O4.C19H30N6O4/c1-12(2)27-7-5-13(6-8-27)23-9-15-25-19(22-3)16-20(26-15)28(11-24-16)21-18(30)17(29)14(32-21)10-31-4;1-20-17-14-18(24-13(23-17)8-21-11-6-4-3-5-7-11)25(10-22-14)19-16(27)15(26)12(29-19)9-28-2/h11-14,17-18,21,23,29-30H,5-10H2,1-4H3,(H,22,25,26);10-12,15-16,19,21,26-27H,3-9H2,1-2H3,(H,20,23,24)/t14-,17-,18-,21-;12-,15-,16-,19-/m11/s1. The summed E-state index contributed by atoms with van der Waals surface area (Å²) >= 11 is 0. The third kappa shape index (κ3) is 10.1.